The minimum Gasteiger partial charge on any atom is -0.344 e. The molecule has 1 rings (SSSR count). The number of halogens is 4. The Bertz CT molecular complexity index is 662. The number of alkyl halides is 3. The van der Waals surface area contributed by atoms with E-state index in [1.165, 1.54) is 6.08 Å². The van der Waals surface area contributed by atoms with Crippen molar-refractivity contribution in [3.63, 3.8) is 0 Å². The van der Waals surface area contributed by atoms with E-state index >= 15 is 0 Å². The van der Waals surface area contributed by atoms with E-state index in [4.69, 9.17) is 11.6 Å². The van der Waals surface area contributed by atoms with Gasteiger partial charge in [0, 0.05) is 6.54 Å². The molecule has 0 radical (unpaired) electrons. The van der Waals surface area contributed by atoms with Gasteiger partial charge in [0.2, 0.25) is 5.91 Å². The fraction of sp³-hybridized carbons (Fsp3) is 0.214. The maximum Gasteiger partial charge on any atom is 0.416 e. The van der Waals surface area contributed by atoms with Gasteiger partial charge in [0.25, 0.3) is 0 Å². The van der Waals surface area contributed by atoms with Gasteiger partial charge in [-0.1, -0.05) is 17.7 Å². The number of carbonyl (C=O) groups is 3. The average molecular weight is 364 g/mol. The van der Waals surface area contributed by atoms with Crippen LogP contribution < -0.4 is 16.0 Å². The van der Waals surface area contributed by atoms with Crippen LogP contribution in [-0.2, 0) is 20.6 Å². The quantitative estimate of drug-likeness (QED) is 0.550. The average Bonchev–Trinajstić information content (AvgIpc) is 2.51. The van der Waals surface area contributed by atoms with Crippen molar-refractivity contribution in [3.8, 4) is 0 Å². The third-order valence-corrected chi connectivity index (χ3v) is 2.92. The molecule has 130 valence electrons. The number of amides is 3. The summed E-state index contributed by atoms with van der Waals surface area (Å²) in [5, 5.41) is 6.23. The van der Waals surface area contributed by atoms with Crippen molar-refractivity contribution in [2.24, 2.45) is 0 Å². The molecule has 6 nitrogen and oxygen atoms in total. The molecule has 0 saturated heterocycles. The van der Waals surface area contributed by atoms with Crippen molar-refractivity contribution in [2.45, 2.75) is 6.18 Å². The fourth-order valence-corrected chi connectivity index (χ4v) is 1.64. The second-order valence-electron chi connectivity index (χ2n) is 4.42. The molecule has 0 heterocycles. The lowest BCUT2D eigenvalue weighted by molar-refractivity contribution is -0.139. The maximum absolute atomic E-state index is 12.6. The summed E-state index contributed by atoms with van der Waals surface area (Å²) >= 11 is 5.72. The van der Waals surface area contributed by atoms with Gasteiger partial charge in [-0.15, -0.1) is 6.58 Å². The van der Waals surface area contributed by atoms with Crippen LogP contribution in [0.2, 0.25) is 5.02 Å². The van der Waals surface area contributed by atoms with Crippen molar-refractivity contribution in [1.29, 1.82) is 0 Å². The monoisotopic (exact) mass is 363 g/mol. The molecule has 0 aliphatic carbocycles. The third kappa shape index (κ3) is 5.92. The van der Waals surface area contributed by atoms with Crippen LogP contribution in [0.15, 0.2) is 30.9 Å². The Morgan fingerprint density at radius 3 is 2.38 bits per heavy atom. The Hall–Kier alpha value is -2.55. The number of hydrogen-bond acceptors (Lipinski definition) is 3. The first-order chi connectivity index (χ1) is 11.1. The molecule has 0 bridgehead atoms. The molecule has 3 amide bonds. The summed E-state index contributed by atoms with van der Waals surface area (Å²) in [6.07, 6.45) is -3.24. The van der Waals surface area contributed by atoms with Gasteiger partial charge in [-0.3, -0.25) is 14.4 Å². The van der Waals surface area contributed by atoms with Gasteiger partial charge in [-0.05, 0) is 18.2 Å². The zero-order valence-corrected chi connectivity index (χ0v) is 12.9. The van der Waals surface area contributed by atoms with Crippen molar-refractivity contribution < 1.29 is 27.6 Å². The Balaban J connectivity index is 2.64. The summed E-state index contributed by atoms with van der Waals surface area (Å²) in [5.74, 6) is -2.89. The smallest absolute Gasteiger partial charge is 0.344 e. The first-order valence-electron chi connectivity index (χ1n) is 6.48. The van der Waals surface area contributed by atoms with Gasteiger partial charge in [0.1, 0.15) is 0 Å². The van der Waals surface area contributed by atoms with Crippen molar-refractivity contribution in [3.05, 3.63) is 41.4 Å². The molecule has 0 atom stereocenters. The molecule has 1 aromatic carbocycles. The molecule has 10 heteroatoms. The number of hydrogen-bond donors (Lipinski definition) is 3. The number of nitrogens with one attached hydrogen (secondary N) is 3. The van der Waals surface area contributed by atoms with Gasteiger partial charge in [0.05, 0.1) is 22.8 Å². The predicted octanol–water partition coefficient (Wildman–Crippen LogP) is 1.72. The molecular formula is C14H13ClF3N3O3. The van der Waals surface area contributed by atoms with E-state index in [2.05, 4.69) is 17.2 Å². The normalized spacial score (nSPS) is 10.7. The largest absolute Gasteiger partial charge is 0.416 e. The van der Waals surface area contributed by atoms with Gasteiger partial charge < -0.3 is 16.0 Å². The van der Waals surface area contributed by atoms with Crippen LogP contribution in [-0.4, -0.2) is 30.8 Å². The zero-order chi connectivity index (χ0) is 18.3. The highest BCUT2D eigenvalue weighted by atomic mass is 35.5. The van der Waals surface area contributed by atoms with Crippen LogP contribution >= 0.6 is 11.6 Å². The lowest BCUT2D eigenvalue weighted by Gasteiger charge is -2.12. The molecule has 0 aliphatic rings. The van der Waals surface area contributed by atoms with Gasteiger partial charge in [-0.25, -0.2) is 0 Å². The molecule has 24 heavy (non-hydrogen) atoms. The SMILES string of the molecule is C=CCNC(=O)C(=O)NCC(=O)Nc1cc(C(F)(F)F)ccc1Cl. The molecule has 0 fully saturated rings. The van der Waals surface area contributed by atoms with E-state index in [1.807, 2.05) is 5.32 Å². The van der Waals surface area contributed by atoms with Crippen LogP contribution in [0.5, 0.6) is 0 Å². The van der Waals surface area contributed by atoms with Gasteiger partial charge >= 0.3 is 18.0 Å². The Labute approximate surface area is 140 Å². The topological polar surface area (TPSA) is 87.3 Å². The van der Waals surface area contributed by atoms with Crippen molar-refractivity contribution in [1.82, 2.24) is 10.6 Å². The second-order valence-corrected chi connectivity index (χ2v) is 4.83. The lowest BCUT2D eigenvalue weighted by atomic mass is 10.2. The van der Waals surface area contributed by atoms with Crippen LogP contribution in [0.3, 0.4) is 0 Å². The van der Waals surface area contributed by atoms with E-state index in [-0.39, 0.29) is 17.3 Å². The van der Waals surface area contributed by atoms with E-state index in [1.54, 1.807) is 0 Å². The summed E-state index contributed by atoms with van der Waals surface area (Å²) in [6.45, 7) is 2.79. The lowest BCUT2D eigenvalue weighted by Crippen LogP contribution is -2.42. The first-order valence-corrected chi connectivity index (χ1v) is 6.86. The van der Waals surface area contributed by atoms with Crippen LogP contribution in [0, 0.1) is 0 Å². The molecule has 0 saturated carbocycles. The summed E-state index contributed by atoms with van der Waals surface area (Å²) < 4.78 is 37.9. The van der Waals surface area contributed by atoms with E-state index in [0.29, 0.717) is 6.07 Å². The summed E-state index contributed by atoms with van der Waals surface area (Å²) in [6, 6.07) is 2.42. The minimum atomic E-state index is -4.60. The highest BCUT2D eigenvalue weighted by molar-refractivity contribution is 6.35. The summed E-state index contributed by atoms with van der Waals surface area (Å²) in [4.78, 5) is 34.2. The maximum atomic E-state index is 12.6. The second kappa shape index (κ2) is 8.34. The Morgan fingerprint density at radius 1 is 1.17 bits per heavy atom. The van der Waals surface area contributed by atoms with Crippen LogP contribution in [0.25, 0.3) is 0 Å². The van der Waals surface area contributed by atoms with Crippen molar-refractivity contribution >= 4 is 35.0 Å². The molecule has 0 aliphatic heterocycles. The minimum absolute atomic E-state index is 0.0678. The van der Waals surface area contributed by atoms with Gasteiger partial charge in [0.15, 0.2) is 0 Å². The highest BCUT2D eigenvalue weighted by Gasteiger charge is 2.31. The fourth-order valence-electron chi connectivity index (χ4n) is 1.48. The number of benzene rings is 1. The van der Waals surface area contributed by atoms with E-state index < -0.39 is 36.0 Å². The molecule has 3 N–H and O–H groups in total. The van der Waals surface area contributed by atoms with Crippen LogP contribution in [0.4, 0.5) is 18.9 Å². The summed E-state index contributed by atoms with van der Waals surface area (Å²) in [7, 11) is 0. The number of carbonyl (C=O) groups excluding carboxylic acids is 3. The third-order valence-electron chi connectivity index (χ3n) is 2.59. The van der Waals surface area contributed by atoms with Crippen LogP contribution in [0.1, 0.15) is 5.56 Å². The predicted molar refractivity (Wildman–Crippen MR) is 81.3 cm³/mol. The molecule has 1 aromatic rings. The van der Waals surface area contributed by atoms with E-state index in [9.17, 15) is 27.6 Å². The summed E-state index contributed by atoms with van der Waals surface area (Å²) in [5.41, 5.74) is -1.25. The molecule has 0 unspecified atom stereocenters. The number of anilines is 1. The highest BCUT2D eigenvalue weighted by Crippen LogP contribution is 2.33. The molecule has 0 aromatic heterocycles. The Morgan fingerprint density at radius 2 is 1.79 bits per heavy atom. The standard InChI is InChI=1S/C14H13ClF3N3O3/c1-2-5-19-12(23)13(24)20-7-11(22)21-10-6-8(14(16,17)18)3-4-9(10)15/h2-4,6H,1,5,7H2,(H,19,23)(H,20,24)(H,21,22). The van der Waals surface area contributed by atoms with Gasteiger partial charge in [-0.2, -0.15) is 13.2 Å². The first kappa shape index (κ1) is 19.5. The molecule has 0 spiro atoms. The van der Waals surface area contributed by atoms with E-state index in [0.717, 1.165) is 12.1 Å². The zero-order valence-electron chi connectivity index (χ0n) is 12.2. The Kier molecular flexibility index (Phi) is 6.78. The van der Waals surface area contributed by atoms with Crippen molar-refractivity contribution in [2.75, 3.05) is 18.4 Å². The number of rotatable bonds is 5. The molecular weight excluding hydrogens is 351 g/mol.